The van der Waals surface area contributed by atoms with Gasteiger partial charge in [-0.2, -0.15) is 5.10 Å². The van der Waals surface area contributed by atoms with Crippen LogP contribution < -0.4 is 0 Å². The van der Waals surface area contributed by atoms with E-state index < -0.39 is 0 Å². The van der Waals surface area contributed by atoms with Gasteiger partial charge in [-0.25, -0.2) is 9.67 Å². The molecule has 0 saturated heterocycles. The van der Waals surface area contributed by atoms with Crippen molar-refractivity contribution in [1.82, 2.24) is 14.8 Å². The number of nitrogens with zero attached hydrogens (tertiary/aromatic N) is 3. The summed E-state index contributed by atoms with van der Waals surface area (Å²) in [5, 5.41) is 4.49. The molecule has 4 heteroatoms. The van der Waals surface area contributed by atoms with E-state index in [9.17, 15) is 0 Å². The Bertz CT molecular complexity index is 932. The lowest BCUT2D eigenvalue weighted by Crippen LogP contribution is -2.01. The van der Waals surface area contributed by atoms with Crippen molar-refractivity contribution in [3.63, 3.8) is 0 Å². The minimum Gasteiger partial charge on any atom is -0.436 e. The highest BCUT2D eigenvalue weighted by Gasteiger charge is 2.13. The molecule has 4 aromatic rings. The molecule has 2 aromatic carbocycles. The number of rotatable bonds is 3. The molecule has 0 aliphatic heterocycles. The van der Waals surface area contributed by atoms with Gasteiger partial charge >= 0.3 is 0 Å². The van der Waals surface area contributed by atoms with Gasteiger partial charge in [0.1, 0.15) is 5.52 Å². The Kier molecular flexibility index (Phi) is 3.23. The summed E-state index contributed by atoms with van der Waals surface area (Å²) in [6, 6.07) is 16.1. The smallest absolute Gasteiger partial charge is 0.230 e. The molecule has 0 aliphatic carbocycles. The van der Waals surface area contributed by atoms with Crippen molar-refractivity contribution < 1.29 is 4.42 Å². The summed E-state index contributed by atoms with van der Waals surface area (Å²) in [6.07, 6.45) is 3.76. The van der Waals surface area contributed by atoms with Crippen LogP contribution in [0.5, 0.6) is 0 Å². The molecule has 2 aromatic heterocycles. The summed E-state index contributed by atoms with van der Waals surface area (Å²) < 4.78 is 7.70. The molecule has 23 heavy (non-hydrogen) atoms. The van der Waals surface area contributed by atoms with Gasteiger partial charge in [0, 0.05) is 6.20 Å². The fraction of sp³-hybridized carbons (Fsp3) is 0.158. The van der Waals surface area contributed by atoms with E-state index in [-0.39, 0.29) is 0 Å². The molecular weight excluding hydrogens is 286 g/mol. The van der Waals surface area contributed by atoms with E-state index in [1.54, 1.807) is 6.20 Å². The van der Waals surface area contributed by atoms with Crippen LogP contribution in [0.4, 0.5) is 0 Å². The van der Waals surface area contributed by atoms with Gasteiger partial charge in [-0.05, 0) is 29.7 Å². The van der Waals surface area contributed by atoms with Crippen molar-refractivity contribution in [3.05, 3.63) is 66.5 Å². The Morgan fingerprint density at radius 2 is 1.78 bits per heavy atom. The SMILES string of the molecule is CC(C)c1ccccc1-n1cc(-c2nc3ccccc3o2)cn1. The van der Waals surface area contributed by atoms with Crippen LogP contribution in [0.1, 0.15) is 25.3 Å². The fourth-order valence-corrected chi connectivity index (χ4v) is 2.75. The van der Waals surface area contributed by atoms with E-state index in [1.165, 1.54) is 5.56 Å². The second kappa shape index (κ2) is 5.39. The lowest BCUT2D eigenvalue weighted by atomic mass is 10.0. The van der Waals surface area contributed by atoms with Gasteiger partial charge in [0.15, 0.2) is 5.58 Å². The van der Waals surface area contributed by atoms with Crippen LogP contribution in [-0.4, -0.2) is 14.8 Å². The summed E-state index contributed by atoms with van der Waals surface area (Å²) >= 11 is 0. The summed E-state index contributed by atoms with van der Waals surface area (Å²) in [7, 11) is 0. The van der Waals surface area contributed by atoms with Gasteiger partial charge in [0.05, 0.1) is 17.4 Å². The molecule has 0 saturated carbocycles. The number of hydrogen-bond donors (Lipinski definition) is 0. The molecule has 114 valence electrons. The average Bonchev–Trinajstić information content (AvgIpc) is 3.21. The van der Waals surface area contributed by atoms with Gasteiger partial charge in [0.25, 0.3) is 0 Å². The first-order valence-electron chi connectivity index (χ1n) is 7.72. The Balaban J connectivity index is 1.77. The van der Waals surface area contributed by atoms with Gasteiger partial charge < -0.3 is 4.42 Å². The Morgan fingerprint density at radius 1 is 1.00 bits per heavy atom. The monoisotopic (exact) mass is 303 g/mol. The highest BCUT2D eigenvalue weighted by Crippen LogP contribution is 2.26. The van der Waals surface area contributed by atoms with Crippen molar-refractivity contribution >= 4 is 11.1 Å². The molecular formula is C19H17N3O. The number of hydrogen-bond acceptors (Lipinski definition) is 3. The third-order valence-electron chi connectivity index (χ3n) is 3.93. The lowest BCUT2D eigenvalue weighted by molar-refractivity contribution is 0.620. The van der Waals surface area contributed by atoms with E-state index >= 15 is 0 Å². The molecule has 4 nitrogen and oxygen atoms in total. The van der Waals surface area contributed by atoms with Crippen molar-refractivity contribution in [2.24, 2.45) is 0 Å². The summed E-state index contributed by atoms with van der Waals surface area (Å²) in [5.41, 5.74) is 4.87. The highest BCUT2D eigenvalue weighted by molar-refractivity contribution is 5.75. The average molecular weight is 303 g/mol. The van der Waals surface area contributed by atoms with Gasteiger partial charge in [-0.1, -0.05) is 44.2 Å². The first-order chi connectivity index (χ1) is 11.2. The zero-order valence-electron chi connectivity index (χ0n) is 13.1. The number of para-hydroxylation sites is 3. The van der Waals surface area contributed by atoms with Crippen LogP contribution in [0.3, 0.4) is 0 Å². The molecule has 0 atom stereocenters. The number of benzene rings is 2. The third-order valence-corrected chi connectivity index (χ3v) is 3.93. The number of oxazole rings is 1. The molecule has 4 rings (SSSR count). The number of fused-ring (bicyclic) bond motifs is 1. The molecule has 0 bridgehead atoms. The topological polar surface area (TPSA) is 43.9 Å². The fourth-order valence-electron chi connectivity index (χ4n) is 2.75. The quantitative estimate of drug-likeness (QED) is 0.546. The van der Waals surface area contributed by atoms with Crippen LogP contribution in [0.2, 0.25) is 0 Å². The maximum Gasteiger partial charge on any atom is 0.230 e. The third kappa shape index (κ3) is 2.42. The van der Waals surface area contributed by atoms with Crippen LogP contribution >= 0.6 is 0 Å². The molecule has 0 unspecified atom stereocenters. The number of aromatic nitrogens is 3. The molecule has 0 fully saturated rings. The van der Waals surface area contributed by atoms with Gasteiger partial charge in [-0.15, -0.1) is 0 Å². The van der Waals surface area contributed by atoms with Crippen LogP contribution in [0.15, 0.2) is 65.3 Å². The normalized spacial score (nSPS) is 11.4. The van der Waals surface area contributed by atoms with E-state index in [0.29, 0.717) is 11.8 Å². The molecule has 0 amide bonds. The van der Waals surface area contributed by atoms with Crippen molar-refractivity contribution in [3.8, 4) is 17.1 Å². The van der Waals surface area contributed by atoms with E-state index in [2.05, 4.69) is 42.1 Å². The molecule has 0 radical (unpaired) electrons. The van der Waals surface area contributed by atoms with E-state index in [0.717, 1.165) is 22.4 Å². The molecule has 2 heterocycles. The van der Waals surface area contributed by atoms with Crippen molar-refractivity contribution in [2.45, 2.75) is 19.8 Å². The molecule has 0 spiro atoms. The van der Waals surface area contributed by atoms with Crippen molar-refractivity contribution in [1.29, 1.82) is 0 Å². The Morgan fingerprint density at radius 3 is 2.61 bits per heavy atom. The lowest BCUT2D eigenvalue weighted by Gasteiger charge is -2.11. The second-order valence-electron chi connectivity index (χ2n) is 5.87. The zero-order chi connectivity index (χ0) is 15.8. The predicted molar refractivity (Wildman–Crippen MR) is 90.7 cm³/mol. The predicted octanol–water partition coefficient (Wildman–Crippen LogP) is 4.80. The summed E-state index contributed by atoms with van der Waals surface area (Å²) in [6.45, 7) is 4.37. The maximum atomic E-state index is 5.82. The minimum absolute atomic E-state index is 0.433. The zero-order valence-corrected chi connectivity index (χ0v) is 13.1. The van der Waals surface area contributed by atoms with Gasteiger partial charge in [0.2, 0.25) is 5.89 Å². The standard InChI is InChI=1S/C19H17N3O/c1-13(2)15-7-3-5-9-17(15)22-12-14(11-20-22)19-21-16-8-4-6-10-18(16)23-19/h3-13H,1-2H3. The maximum absolute atomic E-state index is 5.82. The van der Waals surface area contributed by atoms with E-state index in [4.69, 9.17) is 4.42 Å². The summed E-state index contributed by atoms with van der Waals surface area (Å²) in [5.74, 6) is 1.03. The van der Waals surface area contributed by atoms with Crippen molar-refractivity contribution in [2.75, 3.05) is 0 Å². The van der Waals surface area contributed by atoms with E-state index in [1.807, 2.05) is 41.2 Å². The summed E-state index contributed by atoms with van der Waals surface area (Å²) in [4.78, 5) is 4.53. The molecule has 0 N–H and O–H groups in total. The Labute approximate surface area is 134 Å². The minimum atomic E-state index is 0.433. The second-order valence-corrected chi connectivity index (χ2v) is 5.87. The first-order valence-corrected chi connectivity index (χ1v) is 7.72. The largest absolute Gasteiger partial charge is 0.436 e. The molecule has 0 aliphatic rings. The Hall–Kier alpha value is -2.88. The van der Waals surface area contributed by atoms with Crippen LogP contribution in [0.25, 0.3) is 28.2 Å². The highest BCUT2D eigenvalue weighted by atomic mass is 16.3. The van der Waals surface area contributed by atoms with Crippen LogP contribution in [0, 0.1) is 0 Å². The van der Waals surface area contributed by atoms with Crippen LogP contribution in [-0.2, 0) is 0 Å². The first kappa shape index (κ1) is 13.8. The van der Waals surface area contributed by atoms with Gasteiger partial charge in [-0.3, -0.25) is 0 Å².